The Labute approximate surface area is 118 Å². The molecule has 1 aromatic heterocycles. The van der Waals surface area contributed by atoms with E-state index in [9.17, 15) is 17.6 Å². The molecule has 114 valence electrons. The average Bonchev–Trinajstić information content (AvgIpc) is 2.89. The fraction of sp³-hybridized carbons (Fsp3) is 0.308. The minimum Gasteiger partial charge on any atom is -0.273 e. The number of alkyl halides is 3. The summed E-state index contributed by atoms with van der Waals surface area (Å²) in [6.45, 7) is 2.50. The van der Waals surface area contributed by atoms with Crippen LogP contribution in [0.1, 0.15) is 29.7 Å². The maximum atomic E-state index is 13.3. The number of nitrogens with two attached hydrogens (primary N) is 1. The Bertz CT molecular complexity index is 621. The van der Waals surface area contributed by atoms with Crippen molar-refractivity contribution in [2.45, 2.75) is 25.7 Å². The molecule has 1 unspecified atom stereocenters. The SMILES string of the molecule is CCn1cc(C(NN)c2ccc(F)c(C(F)(F)F)c2)cn1. The van der Waals surface area contributed by atoms with E-state index in [1.54, 1.807) is 10.9 Å². The Balaban J connectivity index is 2.43. The van der Waals surface area contributed by atoms with Crippen LogP contribution in [0.2, 0.25) is 0 Å². The van der Waals surface area contributed by atoms with Crippen LogP contribution in [-0.4, -0.2) is 9.78 Å². The van der Waals surface area contributed by atoms with Gasteiger partial charge in [-0.1, -0.05) is 6.07 Å². The molecule has 1 heterocycles. The van der Waals surface area contributed by atoms with Crippen LogP contribution in [0.3, 0.4) is 0 Å². The van der Waals surface area contributed by atoms with E-state index in [1.807, 2.05) is 6.92 Å². The lowest BCUT2D eigenvalue weighted by Crippen LogP contribution is -2.29. The monoisotopic (exact) mass is 302 g/mol. The molecule has 4 nitrogen and oxygen atoms in total. The molecule has 0 spiro atoms. The molecule has 1 atom stereocenters. The third-order valence-electron chi connectivity index (χ3n) is 3.11. The number of nitrogens with zero attached hydrogens (tertiary/aromatic N) is 2. The number of halogens is 4. The lowest BCUT2D eigenvalue weighted by molar-refractivity contribution is -0.140. The summed E-state index contributed by atoms with van der Waals surface area (Å²) in [5, 5.41) is 4.04. The first kappa shape index (κ1) is 15.5. The smallest absolute Gasteiger partial charge is 0.273 e. The molecule has 0 bridgehead atoms. The predicted octanol–water partition coefficient (Wildman–Crippen LogP) is 2.61. The molecule has 0 amide bonds. The molecule has 0 fully saturated rings. The van der Waals surface area contributed by atoms with E-state index in [-0.39, 0.29) is 5.56 Å². The van der Waals surface area contributed by atoms with E-state index in [1.165, 1.54) is 12.3 Å². The Hall–Kier alpha value is -1.93. The fourth-order valence-electron chi connectivity index (χ4n) is 2.03. The van der Waals surface area contributed by atoms with Crippen molar-refractivity contribution in [2.24, 2.45) is 5.84 Å². The van der Waals surface area contributed by atoms with Gasteiger partial charge < -0.3 is 0 Å². The van der Waals surface area contributed by atoms with Crippen molar-refractivity contribution in [3.8, 4) is 0 Å². The number of aryl methyl sites for hydroxylation is 1. The molecule has 0 aliphatic rings. The van der Waals surface area contributed by atoms with E-state index < -0.39 is 23.6 Å². The molecule has 0 aliphatic carbocycles. The highest BCUT2D eigenvalue weighted by atomic mass is 19.4. The summed E-state index contributed by atoms with van der Waals surface area (Å²) < 4.78 is 53.2. The highest BCUT2D eigenvalue weighted by Crippen LogP contribution is 2.33. The summed E-state index contributed by atoms with van der Waals surface area (Å²) in [5.74, 6) is 4.11. The number of benzene rings is 1. The van der Waals surface area contributed by atoms with Gasteiger partial charge in [0.25, 0.3) is 0 Å². The number of hydrogen-bond donors (Lipinski definition) is 2. The van der Waals surface area contributed by atoms with Crippen LogP contribution in [0.25, 0.3) is 0 Å². The van der Waals surface area contributed by atoms with Crippen molar-refractivity contribution in [3.05, 3.63) is 53.1 Å². The van der Waals surface area contributed by atoms with Crippen LogP contribution >= 0.6 is 0 Å². The van der Waals surface area contributed by atoms with Gasteiger partial charge in [0.1, 0.15) is 5.82 Å². The molecular weight excluding hydrogens is 288 g/mol. The molecular formula is C13H14F4N4. The summed E-state index contributed by atoms with van der Waals surface area (Å²) in [4.78, 5) is 0. The van der Waals surface area contributed by atoms with Gasteiger partial charge in [-0.3, -0.25) is 10.5 Å². The second kappa shape index (κ2) is 5.82. The molecule has 3 N–H and O–H groups in total. The second-order valence-corrected chi connectivity index (χ2v) is 4.47. The zero-order chi connectivity index (χ0) is 15.6. The topological polar surface area (TPSA) is 55.9 Å². The quantitative estimate of drug-likeness (QED) is 0.518. The summed E-state index contributed by atoms with van der Waals surface area (Å²) in [6, 6.07) is 2.10. The van der Waals surface area contributed by atoms with Crippen molar-refractivity contribution in [1.29, 1.82) is 0 Å². The third kappa shape index (κ3) is 3.22. The van der Waals surface area contributed by atoms with Gasteiger partial charge in [-0.15, -0.1) is 0 Å². The van der Waals surface area contributed by atoms with Crippen molar-refractivity contribution < 1.29 is 17.6 Å². The van der Waals surface area contributed by atoms with Crippen molar-refractivity contribution in [2.75, 3.05) is 0 Å². The minimum atomic E-state index is -4.76. The van der Waals surface area contributed by atoms with Crippen LogP contribution in [0.15, 0.2) is 30.6 Å². The lowest BCUT2D eigenvalue weighted by Gasteiger charge is -2.17. The van der Waals surface area contributed by atoms with Crippen molar-refractivity contribution in [3.63, 3.8) is 0 Å². The van der Waals surface area contributed by atoms with Gasteiger partial charge >= 0.3 is 6.18 Å². The molecule has 1 aromatic carbocycles. The summed E-state index contributed by atoms with van der Waals surface area (Å²) in [5.41, 5.74) is 1.92. The van der Waals surface area contributed by atoms with Gasteiger partial charge in [0.15, 0.2) is 0 Å². The first-order chi connectivity index (χ1) is 9.86. The number of hydrazine groups is 1. The van der Waals surface area contributed by atoms with Crippen LogP contribution in [-0.2, 0) is 12.7 Å². The number of aromatic nitrogens is 2. The van der Waals surface area contributed by atoms with E-state index in [4.69, 9.17) is 5.84 Å². The lowest BCUT2D eigenvalue weighted by atomic mass is 9.99. The maximum Gasteiger partial charge on any atom is 0.419 e. The summed E-state index contributed by atoms with van der Waals surface area (Å²) in [6.07, 6.45) is -1.58. The molecule has 0 saturated heterocycles. The standard InChI is InChI=1S/C13H14F4N4/c1-2-21-7-9(6-19-21)12(20-18)8-3-4-11(14)10(5-8)13(15,16)17/h3-7,12,20H,2,18H2,1H3. The van der Waals surface area contributed by atoms with Crippen molar-refractivity contribution in [1.82, 2.24) is 15.2 Å². The van der Waals surface area contributed by atoms with Crippen LogP contribution in [0.4, 0.5) is 17.6 Å². The normalized spacial score (nSPS) is 13.4. The largest absolute Gasteiger partial charge is 0.419 e. The molecule has 0 radical (unpaired) electrons. The molecule has 2 rings (SSSR count). The fourth-order valence-corrected chi connectivity index (χ4v) is 2.03. The Morgan fingerprint density at radius 1 is 1.33 bits per heavy atom. The molecule has 2 aromatic rings. The van der Waals surface area contributed by atoms with E-state index >= 15 is 0 Å². The highest BCUT2D eigenvalue weighted by Gasteiger charge is 2.34. The Kier molecular flexibility index (Phi) is 4.29. The van der Waals surface area contributed by atoms with Crippen molar-refractivity contribution >= 4 is 0 Å². The summed E-state index contributed by atoms with van der Waals surface area (Å²) >= 11 is 0. The van der Waals surface area contributed by atoms with E-state index in [2.05, 4.69) is 10.5 Å². The molecule has 21 heavy (non-hydrogen) atoms. The van der Waals surface area contributed by atoms with Gasteiger partial charge in [-0.05, 0) is 24.6 Å². The predicted molar refractivity (Wildman–Crippen MR) is 68.5 cm³/mol. The minimum absolute atomic E-state index is 0.210. The first-order valence-corrected chi connectivity index (χ1v) is 6.22. The van der Waals surface area contributed by atoms with Crippen LogP contribution in [0.5, 0.6) is 0 Å². The van der Waals surface area contributed by atoms with Gasteiger partial charge in [-0.2, -0.15) is 18.3 Å². The molecule has 8 heteroatoms. The van der Waals surface area contributed by atoms with Crippen LogP contribution in [0, 0.1) is 5.82 Å². The number of hydrogen-bond acceptors (Lipinski definition) is 3. The number of rotatable bonds is 4. The number of nitrogens with one attached hydrogen (secondary N) is 1. The average molecular weight is 302 g/mol. The Morgan fingerprint density at radius 2 is 2.05 bits per heavy atom. The summed E-state index contributed by atoms with van der Waals surface area (Å²) in [7, 11) is 0. The third-order valence-corrected chi connectivity index (χ3v) is 3.11. The van der Waals surface area contributed by atoms with Gasteiger partial charge in [0.2, 0.25) is 0 Å². The zero-order valence-corrected chi connectivity index (χ0v) is 11.2. The van der Waals surface area contributed by atoms with Gasteiger partial charge in [0, 0.05) is 18.3 Å². The highest BCUT2D eigenvalue weighted by molar-refractivity contribution is 5.34. The second-order valence-electron chi connectivity index (χ2n) is 4.47. The van der Waals surface area contributed by atoms with Gasteiger partial charge in [-0.25, -0.2) is 9.82 Å². The van der Waals surface area contributed by atoms with Gasteiger partial charge in [0.05, 0.1) is 17.8 Å². The van der Waals surface area contributed by atoms with E-state index in [0.29, 0.717) is 12.1 Å². The maximum absolute atomic E-state index is 13.3. The first-order valence-electron chi connectivity index (χ1n) is 6.22. The molecule has 0 saturated carbocycles. The zero-order valence-electron chi connectivity index (χ0n) is 11.2. The van der Waals surface area contributed by atoms with Crippen LogP contribution < -0.4 is 11.3 Å². The molecule has 0 aliphatic heterocycles. The Morgan fingerprint density at radius 3 is 2.57 bits per heavy atom. The van der Waals surface area contributed by atoms with E-state index in [0.717, 1.165) is 12.1 Å².